The third kappa shape index (κ3) is 2.59. The van der Waals surface area contributed by atoms with E-state index in [2.05, 4.69) is 10.3 Å². The number of nitrogens with zero attached hydrogens (tertiary/aromatic N) is 1. The first-order valence-corrected chi connectivity index (χ1v) is 5.84. The molecule has 0 fully saturated rings. The van der Waals surface area contributed by atoms with Crippen LogP contribution in [0.5, 0.6) is 0 Å². The van der Waals surface area contributed by atoms with Crippen molar-refractivity contribution < 1.29 is 4.79 Å². The Hall–Kier alpha value is -2.10. The number of nitrogens with one attached hydrogen (secondary N) is 1. The third-order valence-corrected chi connectivity index (χ3v) is 2.47. The third-order valence-electron chi connectivity index (χ3n) is 2.47. The molecule has 0 saturated heterocycles. The van der Waals surface area contributed by atoms with Gasteiger partial charge in [0.25, 0.3) is 5.91 Å². The SMILES string of the molecule is CC(C)(C)NC(=O)c1ccc2cccc(N)c2n1. The van der Waals surface area contributed by atoms with Crippen molar-refractivity contribution in [1.82, 2.24) is 10.3 Å². The van der Waals surface area contributed by atoms with E-state index < -0.39 is 0 Å². The first kappa shape index (κ1) is 12.4. The van der Waals surface area contributed by atoms with Crippen LogP contribution in [0.25, 0.3) is 10.9 Å². The minimum atomic E-state index is -0.282. The Morgan fingerprint density at radius 3 is 2.61 bits per heavy atom. The van der Waals surface area contributed by atoms with E-state index in [0.29, 0.717) is 16.9 Å². The fourth-order valence-corrected chi connectivity index (χ4v) is 1.70. The van der Waals surface area contributed by atoms with E-state index in [9.17, 15) is 4.79 Å². The lowest BCUT2D eigenvalue weighted by molar-refractivity contribution is 0.0915. The number of pyridine rings is 1. The monoisotopic (exact) mass is 243 g/mol. The molecule has 3 N–H and O–H groups in total. The first-order chi connectivity index (χ1) is 8.37. The molecule has 0 atom stereocenters. The van der Waals surface area contributed by atoms with Crippen molar-refractivity contribution in [2.24, 2.45) is 0 Å². The van der Waals surface area contributed by atoms with E-state index in [0.717, 1.165) is 5.39 Å². The van der Waals surface area contributed by atoms with E-state index in [1.54, 1.807) is 12.1 Å². The first-order valence-electron chi connectivity index (χ1n) is 5.84. The minimum absolute atomic E-state index is 0.187. The summed E-state index contributed by atoms with van der Waals surface area (Å²) in [5.74, 6) is -0.187. The largest absolute Gasteiger partial charge is 0.397 e. The summed E-state index contributed by atoms with van der Waals surface area (Å²) in [6.07, 6.45) is 0. The molecule has 0 radical (unpaired) electrons. The smallest absolute Gasteiger partial charge is 0.270 e. The lowest BCUT2D eigenvalue weighted by atomic mass is 10.1. The van der Waals surface area contributed by atoms with Gasteiger partial charge in [0.15, 0.2) is 0 Å². The molecule has 1 heterocycles. The van der Waals surface area contributed by atoms with Crippen LogP contribution in [0.2, 0.25) is 0 Å². The molecule has 1 aromatic heterocycles. The minimum Gasteiger partial charge on any atom is -0.397 e. The molecule has 4 heteroatoms. The average Bonchev–Trinajstić information content (AvgIpc) is 2.27. The summed E-state index contributed by atoms with van der Waals surface area (Å²) < 4.78 is 0. The fourth-order valence-electron chi connectivity index (χ4n) is 1.70. The molecule has 0 unspecified atom stereocenters. The zero-order valence-electron chi connectivity index (χ0n) is 10.8. The maximum atomic E-state index is 12.0. The molecule has 0 spiro atoms. The molecule has 0 aliphatic carbocycles. The predicted molar refractivity (Wildman–Crippen MR) is 73.4 cm³/mol. The zero-order chi connectivity index (χ0) is 13.3. The second-order valence-corrected chi connectivity index (χ2v) is 5.32. The molecule has 1 aromatic carbocycles. The second kappa shape index (κ2) is 4.29. The Labute approximate surface area is 106 Å². The van der Waals surface area contributed by atoms with Gasteiger partial charge in [0.05, 0.1) is 11.2 Å². The highest BCUT2D eigenvalue weighted by Gasteiger charge is 2.16. The van der Waals surface area contributed by atoms with Gasteiger partial charge in [0.2, 0.25) is 0 Å². The van der Waals surface area contributed by atoms with Crippen LogP contribution >= 0.6 is 0 Å². The van der Waals surface area contributed by atoms with Crippen LogP contribution in [0.1, 0.15) is 31.3 Å². The van der Waals surface area contributed by atoms with Gasteiger partial charge < -0.3 is 11.1 Å². The van der Waals surface area contributed by atoms with Crippen LogP contribution in [-0.2, 0) is 0 Å². The van der Waals surface area contributed by atoms with E-state index in [1.807, 2.05) is 39.0 Å². The number of anilines is 1. The molecule has 0 aliphatic heterocycles. The number of hydrogen-bond donors (Lipinski definition) is 2. The lowest BCUT2D eigenvalue weighted by Crippen LogP contribution is -2.40. The molecule has 4 nitrogen and oxygen atoms in total. The van der Waals surface area contributed by atoms with Crippen LogP contribution in [-0.4, -0.2) is 16.4 Å². The van der Waals surface area contributed by atoms with Gasteiger partial charge in [-0.2, -0.15) is 0 Å². The van der Waals surface area contributed by atoms with Crippen molar-refractivity contribution >= 4 is 22.5 Å². The summed E-state index contributed by atoms with van der Waals surface area (Å²) in [4.78, 5) is 16.3. The highest BCUT2D eigenvalue weighted by molar-refractivity contribution is 5.97. The normalized spacial score (nSPS) is 11.5. The van der Waals surface area contributed by atoms with E-state index >= 15 is 0 Å². The van der Waals surface area contributed by atoms with Crippen molar-refractivity contribution in [3.05, 3.63) is 36.0 Å². The van der Waals surface area contributed by atoms with E-state index in [-0.39, 0.29) is 11.4 Å². The van der Waals surface area contributed by atoms with Gasteiger partial charge in [0, 0.05) is 10.9 Å². The number of fused-ring (bicyclic) bond motifs is 1. The number of carbonyl (C=O) groups is 1. The number of nitrogens with two attached hydrogens (primary N) is 1. The maximum Gasteiger partial charge on any atom is 0.270 e. The van der Waals surface area contributed by atoms with Crippen LogP contribution in [0, 0.1) is 0 Å². The predicted octanol–water partition coefficient (Wildman–Crippen LogP) is 2.35. The Kier molecular flexibility index (Phi) is 2.95. The van der Waals surface area contributed by atoms with Crippen molar-refractivity contribution in [1.29, 1.82) is 0 Å². The Balaban J connectivity index is 2.41. The summed E-state index contributed by atoms with van der Waals surface area (Å²) in [6.45, 7) is 5.79. The molecule has 2 aromatic rings. The Morgan fingerprint density at radius 1 is 1.22 bits per heavy atom. The molecule has 18 heavy (non-hydrogen) atoms. The molecule has 1 amide bonds. The number of amides is 1. The van der Waals surface area contributed by atoms with Gasteiger partial charge in [-0.05, 0) is 32.9 Å². The topological polar surface area (TPSA) is 68.0 Å². The Bertz CT molecular complexity index is 600. The molecule has 94 valence electrons. The number of hydrogen-bond acceptors (Lipinski definition) is 3. The van der Waals surface area contributed by atoms with Crippen LogP contribution in [0.15, 0.2) is 30.3 Å². The summed E-state index contributed by atoms with van der Waals surface area (Å²) >= 11 is 0. The number of para-hydroxylation sites is 1. The summed E-state index contributed by atoms with van der Waals surface area (Å²) in [6, 6.07) is 9.14. The van der Waals surface area contributed by atoms with E-state index in [4.69, 9.17) is 5.73 Å². The highest BCUT2D eigenvalue weighted by atomic mass is 16.2. The van der Waals surface area contributed by atoms with Crippen molar-refractivity contribution in [2.75, 3.05) is 5.73 Å². The summed E-state index contributed by atoms with van der Waals surface area (Å²) in [5, 5.41) is 3.81. The quantitative estimate of drug-likeness (QED) is 0.755. The number of aromatic nitrogens is 1. The summed E-state index contributed by atoms with van der Waals surface area (Å²) in [5.41, 5.74) is 7.21. The van der Waals surface area contributed by atoms with Gasteiger partial charge in [-0.3, -0.25) is 4.79 Å². The number of benzene rings is 1. The van der Waals surface area contributed by atoms with Gasteiger partial charge in [-0.1, -0.05) is 18.2 Å². The lowest BCUT2D eigenvalue weighted by Gasteiger charge is -2.20. The van der Waals surface area contributed by atoms with Crippen LogP contribution < -0.4 is 11.1 Å². The van der Waals surface area contributed by atoms with Gasteiger partial charge in [-0.25, -0.2) is 4.98 Å². The second-order valence-electron chi connectivity index (χ2n) is 5.32. The zero-order valence-corrected chi connectivity index (χ0v) is 10.8. The van der Waals surface area contributed by atoms with Crippen LogP contribution in [0.4, 0.5) is 5.69 Å². The van der Waals surface area contributed by atoms with Gasteiger partial charge >= 0.3 is 0 Å². The number of carbonyl (C=O) groups excluding carboxylic acids is 1. The summed E-state index contributed by atoms with van der Waals surface area (Å²) in [7, 11) is 0. The van der Waals surface area contributed by atoms with Gasteiger partial charge in [0.1, 0.15) is 5.69 Å². The fraction of sp³-hybridized carbons (Fsp3) is 0.286. The van der Waals surface area contributed by atoms with Crippen molar-refractivity contribution in [2.45, 2.75) is 26.3 Å². The standard InChI is InChI=1S/C14H17N3O/c1-14(2,3)17-13(18)11-8-7-9-5-4-6-10(15)12(9)16-11/h4-8H,15H2,1-3H3,(H,17,18). The molecular weight excluding hydrogens is 226 g/mol. The Morgan fingerprint density at radius 2 is 1.94 bits per heavy atom. The van der Waals surface area contributed by atoms with Crippen molar-refractivity contribution in [3.8, 4) is 0 Å². The molecule has 0 bridgehead atoms. The maximum absolute atomic E-state index is 12.0. The van der Waals surface area contributed by atoms with Crippen molar-refractivity contribution in [3.63, 3.8) is 0 Å². The molecule has 0 saturated carbocycles. The molecular formula is C14H17N3O. The molecule has 2 rings (SSSR count). The molecule has 0 aliphatic rings. The number of nitrogen functional groups attached to an aromatic ring is 1. The van der Waals surface area contributed by atoms with E-state index in [1.165, 1.54) is 0 Å². The van der Waals surface area contributed by atoms with Crippen LogP contribution in [0.3, 0.4) is 0 Å². The van der Waals surface area contributed by atoms with Gasteiger partial charge in [-0.15, -0.1) is 0 Å². The highest BCUT2D eigenvalue weighted by Crippen LogP contribution is 2.19. The average molecular weight is 243 g/mol. The number of rotatable bonds is 1.